The van der Waals surface area contributed by atoms with Crippen molar-refractivity contribution in [2.75, 3.05) is 17.6 Å². The van der Waals surface area contributed by atoms with Gasteiger partial charge in [0.2, 0.25) is 10.0 Å². The number of carbonyl (C=O) groups is 1. The molecule has 0 amide bonds. The summed E-state index contributed by atoms with van der Waals surface area (Å²) in [4.78, 5) is 18.6. The van der Waals surface area contributed by atoms with Crippen LogP contribution in [0.25, 0.3) is 10.9 Å². The van der Waals surface area contributed by atoms with Crippen LogP contribution in [0.2, 0.25) is 0 Å². The number of pyridine rings is 2. The summed E-state index contributed by atoms with van der Waals surface area (Å²) in [6.45, 7) is 0. The number of fused-ring (bicyclic) bond motifs is 1. The summed E-state index contributed by atoms with van der Waals surface area (Å²) >= 11 is 0. The molecular formula is C11H11N3O5S. The van der Waals surface area contributed by atoms with Gasteiger partial charge < -0.3 is 10.2 Å². The van der Waals surface area contributed by atoms with Crippen LogP contribution < -0.4 is 4.31 Å². The Kier molecular flexibility index (Phi) is 3.22. The minimum absolute atomic E-state index is 0.00380. The topological polar surface area (TPSA) is 121 Å². The van der Waals surface area contributed by atoms with E-state index in [-0.39, 0.29) is 28.0 Å². The number of carboxylic acids is 1. The fourth-order valence-corrected chi connectivity index (χ4v) is 2.08. The van der Waals surface area contributed by atoms with Gasteiger partial charge >= 0.3 is 5.97 Å². The first-order valence-electron chi connectivity index (χ1n) is 5.36. The SMILES string of the molecule is CN(c1ncc(O)c2ncc(C(=O)O)cc12)S(C)(=O)=O. The van der Waals surface area contributed by atoms with Gasteiger partial charge in [0, 0.05) is 18.6 Å². The molecule has 0 aliphatic heterocycles. The lowest BCUT2D eigenvalue weighted by Crippen LogP contribution is -2.26. The molecule has 2 aromatic rings. The molecule has 0 radical (unpaired) electrons. The van der Waals surface area contributed by atoms with Crippen molar-refractivity contribution in [3.8, 4) is 5.75 Å². The van der Waals surface area contributed by atoms with Crippen LogP contribution in [-0.2, 0) is 10.0 Å². The predicted molar refractivity (Wildman–Crippen MR) is 71.4 cm³/mol. The maximum Gasteiger partial charge on any atom is 0.337 e. The highest BCUT2D eigenvalue weighted by atomic mass is 32.2. The van der Waals surface area contributed by atoms with Gasteiger partial charge in [-0.1, -0.05) is 0 Å². The smallest absolute Gasteiger partial charge is 0.337 e. The van der Waals surface area contributed by atoms with Crippen molar-refractivity contribution in [2.24, 2.45) is 0 Å². The summed E-state index contributed by atoms with van der Waals surface area (Å²) in [5.41, 5.74) is -0.0523. The van der Waals surface area contributed by atoms with Gasteiger partial charge in [-0.25, -0.2) is 18.2 Å². The molecular weight excluding hydrogens is 286 g/mol. The quantitative estimate of drug-likeness (QED) is 0.842. The Morgan fingerprint density at radius 3 is 2.50 bits per heavy atom. The molecule has 8 nitrogen and oxygen atoms in total. The average molecular weight is 297 g/mol. The van der Waals surface area contributed by atoms with Gasteiger partial charge in [-0.05, 0) is 6.07 Å². The van der Waals surface area contributed by atoms with Crippen LogP contribution in [-0.4, -0.2) is 47.9 Å². The third kappa shape index (κ3) is 2.35. The molecule has 2 rings (SSSR count). The number of aromatic hydroxyl groups is 1. The Balaban J connectivity index is 2.81. The molecule has 2 N–H and O–H groups in total. The second-order valence-corrected chi connectivity index (χ2v) is 6.14. The monoisotopic (exact) mass is 297 g/mol. The van der Waals surface area contributed by atoms with E-state index in [0.29, 0.717) is 0 Å². The summed E-state index contributed by atoms with van der Waals surface area (Å²) < 4.78 is 24.0. The van der Waals surface area contributed by atoms with E-state index < -0.39 is 16.0 Å². The van der Waals surface area contributed by atoms with E-state index in [1.54, 1.807) is 0 Å². The molecule has 0 saturated carbocycles. The molecule has 0 atom stereocenters. The highest BCUT2D eigenvalue weighted by Gasteiger charge is 2.19. The number of rotatable bonds is 3. The van der Waals surface area contributed by atoms with Crippen molar-refractivity contribution in [1.29, 1.82) is 0 Å². The van der Waals surface area contributed by atoms with Crippen LogP contribution in [0, 0.1) is 0 Å². The Labute approximate surface area is 114 Å². The minimum atomic E-state index is -3.58. The Morgan fingerprint density at radius 2 is 1.95 bits per heavy atom. The second kappa shape index (κ2) is 4.60. The molecule has 0 unspecified atom stereocenters. The maximum absolute atomic E-state index is 11.6. The number of carboxylic acid groups (broad SMARTS) is 1. The summed E-state index contributed by atoms with van der Waals surface area (Å²) in [5, 5.41) is 18.8. The van der Waals surface area contributed by atoms with Crippen LogP contribution in [0.15, 0.2) is 18.5 Å². The fourth-order valence-electron chi connectivity index (χ4n) is 1.62. The highest BCUT2D eigenvalue weighted by molar-refractivity contribution is 7.92. The number of sulfonamides is 1. The number of anilines is 1. The molecule has 2 aromatic heterocycles. The molecule has 0 aliphatic carbocycles. The minimum Gasteiger partial charge on any atom is -0.504 e. The van der Waals surface area contributed by atoms with Crippen molar-refractivity contribution in [3.05, 3.63) is 24.0 Å². The van der Waals surface area contributed by atoms with Crippen LogP contribution in [0.1, 0.15) is 10.4 Å². The van der Waals surface area contributed by atoms with Gasteiger partial charge in [0.15, 0.2) is 11.6 Å². The third-order valence-corrected chi connectivity index (χ3v) is 3.89. The molecule has 106 valence electrons. The average Bonchev–Trinajstić information content (AvgIpc) is 2.37. The van der Waals surface area contributed by atoms with Crippen LogP contribution in [0.4, 0.5) is 5.82 Å². The highest BCUT2D eigenvalue weighted by Crippen LogP contribution is 2.30. The molecule has 0 saturated heterocycles. The van der Waals surface area contributed by atoms with E-state index in [4.69, 9.17) is 5.11 Å². The van der Waals surface area contributed by atoms with Gasteiger partial charge in [0.05, 0.1) is 18.0 Å². The molecule has 0 spiro atoms. The Bertz CT molecular complexity index is 803. The fraction of sp³-hybridized carbons (Fsp3) is 0.182. The number of aromatic nitrogens is 2. The first-order valence-corrected chi connectivity index (χ1v) is 7.21. The van der Waals surface area contributed by atoms with Crippen molar-refractivity contribution < 1.29 is 23.4 Å². The number of nitrogens with zero attached hydrogens (tertiary/aromatic N) is 3. The standard InChI is InChI=1S/C11H11N3O5S/c1-14(20(2,18)19)10-7-3-6(11(16)17)4-12-9(7)8(15)5-13-10/h3-5,15H,1-2H3,(H,16,17). The third-order valence-electron chi connectivity index (χ3n) is 2.72. The van der Waals surface area contributed by atoms with Crippen LogP contribution in [0.3, 0.4) is 0 Å². The predicted octanol–water partition coefficient (Wildman–Crippen LogP) is 0.429. The molecule has 0 aromatic carbocycles. The van der Waals surface area contributed by atoms with E-state index in [0.717, 1.165) is 23.0 Å². The zero-order valence-corrected chi connectivity index (χ0v) is 11.4. The van der Waals surface area contributed by atoms with Crippen molar-refractivity contribution >= 4 is 32.7 Å². The summed E-state index contributed by atoms with van der Waals surface area (Å²) in [6, 6.07) is 1.22. The van der Waals surface area contributed by atoms with E-state index in [1.165, 1.54) is 13.1 Å². The van der Waals surface area contributed by atoms with Crippen LogP contribution in [0.5, 0.6) is 5.75 Å². The maximum atomic E-state index is 11.6. The van der Waals surface area contributed by atoms with E-state index in [1.807, 2.05) is 0 Å². The zero-order chi connectivity index (χ0) is 15.1. The lowest BCUT2D eigenvalue weighted by molar-refractivity contribution is 0.0696. The Hall–Kier alpha value is -2.42. The van der Waals surface area contributed by atoms with Gasteiger partial charge in [-0.2, -0.15) is 0 Å². The lowest BCUT2D eigenvalue weighted by atomic mass is 10.2. The zero-order valence-electron chi connectivity index (χ0n) is 10.6. The normalized spacial score (nSPS) is 11.5. The second-order valence-electron chi connectivity index (χ2n) is 4.12. The van der Waals surface area contributed by atoms with Gasteiger partial charge in [0.1, 0.15) is 5.52 Å². The summed E-state index contributed by atoms with van der Waals surface area (Å²) in [5.74, 6) is -1.48. The van der Waals surface area contributed by atoms with E-state index >= 15 is 0 Å². The van der Waals surface area contributed by atoms with Gasteiger partial charge in [-0.15, -0.1) is 0 Å². The molecule has 0 bridgehead atoms. The van der Waals surface area contributed by atoms with Gasteiger partial charge in [0.25, 0.3) is 0 Å². The van der Waals surface area contributed by atoms with Crippen molar-refractivity contribution in [2.45, 2.75) is 0 Å². The number of hydrogen-bond acceptors (Lipinski definition) is 6. The lowest BCUT2D eigenvalue weighted by Gasteiger charge is -2.17. The molecule has 9 heteroatoms. The molecule has 0 fully saturated rings. The van der Waals surface area contributed by atoms with Crippen molar-refractivity contribution in [1.82, 2.24) is 9.97 Å². The summed E-state index contributed by atoms with van der Waals surface area (Å²) in [6.07, 6.45) is 3.13. The summed E-state index contributed by atoms with van der Waals surface area (Å²) in [7, 11) is -2.30. The molecule has 0 aliphatic rings. The molecule has 20 heavy (non-hydrogen) atoms. The van der Waals surface area contributed by atoms with Gasteiger partial charge in [-0.3, -0.25) is 9.29 Å². The first kappa shape index (κ1) is 14.0. The van der Waals surface area contributed by atoms with E-state index in [9.17, 15) is 18.3 Å². The Morgan fingerprint density at radius 1 is 1.30 bits per heavy atom. The molecule has 2 heterocycles. The largest absolute Gasteiger partial charge is 0.504 e. The number of aromatic carboxylic acids is 1. The number of hydrogen-bond donors (Lipinski definition) is 2. The van der Waals surface area contributed by atoms with E-state index in [2.05, 4.69) is 9.97 Å². The van der Waals surface area contributed by atoms with Crippen LogP contribution >= 0.6 is 0 Å². The first-order chi connectivity index (χ1) is 9.21. The van der Waals surface area contributed by atoms with Crippen molar-refractivity contribution in [3.63, 3.8) is 0 Å².